The zero-order valence-corrected chi connectivity index (χ0v) is 23.5. The predicted molar refractivity (Wildman–Crippen MR) is 148 cm³/mol. The molecule has 220 valence electrons. The lowest BCUT2D eigenvalue weighted by atomic mass is 10.0. The lowest BCUT2D eigenvalue weighted by molar-refractivity contribution is -0.147. The molecule has 0 saturated heterocycles. The second-order valence-corrected chi connectivity index (χ2v) is 10.1. The number of rotatable bonds is 14. The van der Waals surface area contributed by atoms with Gasteiger partial charge in [0.2, 0.25) is 5.91 Å². The van der Waals surface area contributed by atoms with Gasteiger partial charge in [-0.1, -0.05) is 24.3 Å². The second-order valence-electron chi connectivity index (χ2n) is 10.1. The lowest BCUT2D eigenvalue weighted by Gasteiger charge is -2.26. The number of esters is 1. The van der Waals surface area contributed by atoms with Crippen molar-refractivity contribution in [1.29, 1.82) is 0 Å². The Balaban J connectivity index is 2.27. The Morgan fingerprint density at radius 2 is 1.40 bits per heavy atom. The molecule has 4 N–H and O–H groups in total. The van der Waals surface area contributed by atoms with Crippen LogP contribution in [0.3, 0.4) is 0 Å². The molecule has 0 aliphatic rings. The number of nitrogens with zero attached hydrogens (tertiary/aromatic N) is 1. The predicted octanol–water partition coefficient (Wildman–Crippen LogP) is 2.34. The molecule has 0 bridgehead atoms. The van der Waals surface area contributed by atoms with Crippen molar-refractivity contribution in [3.63, 3.8) is 0 Å². The van der Waals surface area contributed by atoms with Gasteiger partial charge in [0.05, 0.1) is 19.8 Å². The fourth-order valence-electron chi connectivity index (χ4n) is 3.91. The minimum atomic E-state index is -1.10. The molecule has 2 atom stereocenters. The van der Waals surface area contributed by atoms with Crippen molar-refractivity contribution >= 4 is 23.7 Å². The third-order valence-corrected chi connectivity index (χ3v) is 5.73. The molecule has 0 aliphatic heterocycles. The SMILES string of the molecule is CCOC(=O)[C@H](Cc1ccc(F)cc1)NC(=O)[C@H](Cc1ccc(N(CCO)CCO)cc1)NC(=O)OC(C)(C)C. The number of hydrogen-bond donors (Lipinski definition) is 4. The van der Waals surface area contributed by atoms with E-state index in [9.17, 15) is 29.0 Å². The summed E-state index contributed by atoms with van der Waals surface area (Å²) < 4.78 is 23.9. The van der Waals surface area contributed by atoms with Crippen molar-refractivity contribution in [1.82, 2.24) is 10.6 Å². The summed E-state index contributed by atoms with van der Waals surface area (Å²) >= 11 is 0. The van der Waals surface area contributed by atoms with Crippen LogP contribution in [-0.2, 0) is 31.9 Å². The van der Waals surface area contributed by atoms with Crippen molar-refractivity contribution in [2.45, 2.75) is 58.2 Å². The molecule has 10 nitrogen and oxygen atoms in total. The largest absolute Gasteiger partial charge is 0.464 e. The van der Waals surface area contributed by atoms with E-state index in [1.54, 1.807) is 52.0 Å². The van der Waals surface area contributed by atoms with Crippen LogP contribution < -0.4 is 15.5 Å². The van der Waals surface area contributed by atoms with Crippen molar-refractivity contribution in [3.8, 4) is 0 Å². The quantitative estimate of drug-likeness (QED) is 0.258. The van der Waals surface area contributed by atoms with Crippen LogP contribution in [0, 0.1) is 5.82 Å². The van der Waals surface area contributed by atoms with Crippen LogP contribution in [0.2, 0.25) is 0 Å². The Bertz CT molecular complexity index is 1080. The minimum absolute atomic E-state index is 0.0598. The molecule has 0 spiro atoms. The Kier molecular flexibility index (Phi) is 12.8. The highest BCUT2D eigenvalue weighted by Gasteiger charge is 2.29. The average molecular weight is 562 g/mol. The number of aliphatic hydroxyl groups is 2. The van der Waals surface area contributed by atoms with E-state index in [2.05, 4.69) is 10.6 Å². The summed E-state index contributed by atoms with van der Waals surface area (Å²) in [5.41, 5.74) is 1.29. The van der Waals surface area contributed by atoms with Crippen LogP contribution in [0.4, 0.5) is 14.9 Å². The van der Waals surface area contributed by atoms with E-state index in [-0.39, 0.29) is 32.7 Å². The van der Waals surface area contributed by atoms with Crippen molar-refractivity contribution in [2.75, 3.05) is 37.8 Å². The zero-order chi connectivity index (χ0) is 29.7. The first-order valence-corrected chi connectivity index (χ1v) is 13.2. The number of alkyl carbamates (subject to hydrolysis) is 1. The number of ether oxygens (including phenoxy) is 2. The van der Waals surface area contributed by atoms with Gasteiger partial charge in [-0.3, -0.25) is 4.79 Å². The fourth-order valence-corrected chi connectivity index (χ4v) is 3.91. The maximum Gasteiger partial charge on any atom is 0.408 e. The van der Waals surface area contributed by atoms with E-state index in [1.807, 2.05) is 4.90 Å². The Morgan fingerprint density at radius 1 is 0.875 bits per heavy atom. The first kappa shape index (κ1) is 32.5. The molecule has 0 unspecified atom stereocenters. The highest BCUT2D eigenvalue weighted by Crippen LogP contribution is 2.17. The molecule has 0 radical (unpaired) electrons. The number of anilines is 1. The first-order chi connectivity index (χ1) is 18.9. The first-order valence-electron chi connectivity index (χ1n) is 13.2. The van der Waals surface area contributed by atoms with Gasteiger partial charge in [0.1, 0.15) is 23.5 Å². The van der Waals surface area contributed by atoms with Gasteiger partial charge in [0.25, 0.3) is 0 Å². The zero-order valence-electron chi connectivity index (χ0n) is 23.5. The smallest absolute Gasteiger partial charge is 0.408 e. The maximum absolute atomic E-state index is 13.4. The molecular formula is C29H40FN3O7. The minimum Gasteiger partial charge on any atom is -0.464 e. The van der Waals surface area contributed by atoms with Crippen LogP contribution in [0.25, 0.3) is 0 Å². The molecule has 2 aromatic rings. The van der Waals surface area contributed by atoms with E-state index in [1.165, 1.54) is 24.3 Å². The number of nitrogens with one attached hydrogen (secondary N) is 2. The fraction of sp³-hybridized carbons (Fsp3) is 0.483. The van der Waals surface area contributed by atoms with Gasteiger partial charge in [-0.15, -0.1) is 0 Å². The molecule has 0 fully saturated rings. The van der Waals surface area contributed by atoms with Gasteiger partial charge in [-0.25, -0.2) is 14.0 Å². The van der Waals surface area contributed by atoms with Gasteiger partial charge in [0.15, 0.2) is 0 Å². The second kappa shape index (κ2) is 15.8. The summed E-state index contributed by atoms with van der Waals surface area (Å²) in [6.45, 7) is 7.37. The molecule has 2 amide bonds. The van der Waals surface area contributed by atoms with Gasteiger partial charge >= 0.3 is 12.1 Å². The summed E-state index contributed by atoms with van der Waals surface area (Å²) in [5, 5.41) is 23.9. The van der Waals surface area contributed by atoms with E-state index in [0.29, 0.717) is 24.2 Å². The van der Waals surface area contributed by atoms with Crippen LogP contribution in [0.5, 0.6) is 0 Å². The number of carbonyl (C=O) groups excluding carboxylic acids is 3. The number of hydrogen-bond acceptors (Lipinski definition) is 8. The molecular weight excluding hydrogens is 521 g/mol. The Morgan fingerprint density at radius 3 is 1.90 bits per heavy atom. The molecule has 0 aromatic heterocycles. The standard InChI is InChI=1S/C29H40FN3O7/c1-5-39-27(37)25(19-20-6-10-22(30)11-7-20)31-26(36)24(32-28(38)40-29(2,3)4)18-21-8-12-23(13-9-21)33(14-16-34)15-17-35/h6-13,24-25,34-35H,5,14-19H2,1-4H3,(H,31,36)(H,32,38)/t24-,25-/m0/s1. The van der Waals surface area contributed by atoms with Crippen LogP contribution in [0.1, 0.15) is 38.8 Å². The van der Waals surface area contributed by atoms with E-state index in [4.69, 9.17) is 9.47 Å². The van der Waals surface area contributed by atoms with Crippen LogP contribution >= 0.6 is 0 Å². The number of benzene rings is 2. The topological polar surface area (TPSA) is 137 Å². The number of carbonyl (C=O) groups is 3. The van der Waals surface area contributed by atoms with E-state index < -0.39 is 41.5 Å². The molecule has 0 saturated carbocycles. The van der Waals surface area contributed by atoms with E-state index >= 15 is 0 Å². The average Bonchev–Trinajstić information content (AvgIpc) is 2.88. The number of aliphatic hydroxyl groups excluding tert-OH is 2. The maximum atomic E-state index is 13.4. The van der Waals surface area contributed by atoms with Gasteiger partial charge in [-0.2, -0.15) is 0 Å². The third-order valence-electron chi connectivity index (χ3n) is 5.73. The highest BCUT2D eigenvalue weighted by molar-refractivity contribution is 5.90. The molecule has 2 rings (SSSR count). The van der Waals surface area contributed by atoms with Gasteiger partial charge in [-0.05, 0) is 63.1 Å². The summed E-state index contributed by atoms with van der Waals surface area (Å²) in [5.74, 6) is -1.71. The Hall–Kier alpha value is -3.70. The normalized spacial score (nSPS) is 12.7. The monoisotopic (exact) mass is 561 g/mol. The number of amides is 2. The van der Waals surface area contributed by atoms with Gasteiger partial charge < -0.3 is 35.2 Å². The van der Waals surface area contributed by atoms with E-state index in [0.717, 1.165) is 5.69 Å². The summed E-state index contributed by atoms with van der Waals surface area (Å²) in [7, 11) is 0. The highest BCUT2D eigenvalue weighted by atomic mass is 19.1. The molecule has 2 aromatic carbocycles. The van der Waals surface area contributed by atoms with Crippen LogP contribution in [-0.4, -0.2) is 78.8 Å². The Labute approximate surface area is 234 Å². The van der Waals surface area contributed by atoms with Gasteiger partial charge in [0, 0.05) is 31.6 Å². The van der Waals surface area contributed by atoms with Crippen molar-refractivity contribution in [3.05, 3.63) is 65.5 Å². The third kappa shape index (κ3) is 11.2. The molecule has 11 heteroatoms. The number of halogens is 1. The summed E-state index contributed by atoms with van der Waals surface area (Å²) in [4.78, 5) is 40.5. The molecule has 0 heterocycles. The molecule has 40 heavy (non-hydrogen) atoms. The molecule has 0 aliphatic carbocycles. The summed E-state index contributed by atoms with van der Waals surface area (Å²) in [6, 6.07) is 10.5. The van der Waals surface area contributed by atoms with Crippen molar-refractivity contribution in [2.24, 2.45) is 0 Å². The lowest BCUT2D eigenvalue weighted by Crippen LogP contribution is -2.54. The summed E-state index contributed by atoms with van der Waals surface area (Å²) in [6.07, 6.45) is -0.658. The van der Waals surface area contributed by atoms with Crippen molar-refractivity contribution < 1.29 is 38.5 Å². The van der Waals surface area contributed by atoms with Crippen LogP contribution in [0.15, 0.2) is 48.5 Å².